The molecule has 3 rings (SSSR count). The molecule has 0 unspecified atom stereocenters. The summed E-state index contributed by atoms with van der Waals surface area (Å²) in [7, 11) is 0. The Kier molecular flexibility index (Phi) is 6.46. The van der Waals surface area contributed by atoms with Gasteiger partial charge in [-0.1, -0.05) is 65.9 Å². The summed E-state index contributed by atoms with van der Waals surface area (Å²) in [5, 5.41) is 13.5. The van der Waals surface area contributed by atoms with Crippen molar-refractivity contribution >= 4 is 23.7 Å². The summed E-state index contributed by atoms with van der Waals surface area (Å²) in [6, 6.07) is 21.8. The van der Waals surface area contributed by atoms with Gasteiger partial charge in [-0.3, -0.25) is 4.79 Å². The van der Waals surface area contributed by atoms with Crippen LogP contribution in [-0.2, 0) is 6.42 Å². The zero-order valence-corrected chi connectivity index (χ0v) is 15.6. The van der Waals surface area contributed by atoms with Crippen LogP contribution in [0.5, 0.6) is 5.75 Å². The molecular weight excluding hydrogens is 372 g/mol. The van der Waals surface area contributed by atoms with Crippen LogP contribution < -0.4 is 5.43 Å². The molecule has 3 aromatic carbocycles. The molecule has 3 aromatic rings. The summed E-state index contributed by atoms with van der Waals surface area (Å²) in [6.07, 6.45) is 2.23. The highest BCUT2D eigenvalue weighted by Gasteiger charge is 2.07. The fourth-order valence-corrected chi connectivity index (χ4v) is 2.60. The number of nitrogens with zero attached hydrogens (tertiary/aromatic N) is 1. The minimum absolute atomic E-state index is 0.0769. The van der Waals surface area contributed by atoms with Crippen molar-refractivity contribution in [3.63, 3.8) is 0 Å². The number of carbonyl (C=O) groups is 1. The molecule has 0 bridgehead atoms. The molecule has 0 heterocycles. The lowest BCUT2D eigenvalue weighted by Gasteiger charge is -2.02. The molecular formula is C23H17ClN2O2. The number of phenolic OH excluding ortho intramolecular Hbond substituents is 1. The van der Waals surface area contributed by atoms with E-state index in [1.165, 1.54) is 23.8 Å². The SMILES string of the molecule is O=C(NN=Cc1cccc(C#CCc2ccccc2)c1)c1ccc(O)c(Cl)c1. The number of phenols is 1. The summed E-state index contributed by atoms with van der Waals surface area (Å²) in [4.78, 5) is 12.1. The van der Waals surface area contributed by atoms with Gasteiger partial charge in [-0.15, -0.1) is 0 Å². The second kappa shape index (κ2) is 9.40. The molecule has 0 aromatic heterocycles. The molecule has 28 heavy (non-hydrogen) atoms. The number of hydrazone groups is 1. The van der Waals surface area contributed by atoms with Gasteiger partial charge in [0.25, 0.3) is 5.91 Å². The van der Waals surface area contributed by atoms with Crippen molar-refractivity contribution in [2.75, 3.05) is 0 Å². The molecule has 0 saturated heterocycles. The zero-order chi connectivity index (χ0) is 19.8. The van der Waals surface area contributed by atoms with Gasteiger partial charge in [0.1, 0.15) is 5.75 Å². The molecule has 2 N–H and O–H groups in total. The van der Waals surface area contributed by atoms with Gasteiger partial charge in [0.2, 0.25) is 0 Å². The predicted octanol–water partition coefficient (Wildman–Crippen LogP) is 4.40. The summed E-state index contributed by atoms with van der Waals surface area (Å²) in [5.74, 6) is 5.79. The van der Waals surface area contributed by atoms with Crippen LogP contribution in [0, 0.1) is 11.8 Å². The van der Waals surface area contributed by atoms with Crippen molar-refractivity contribution in [2.24, 2.45) is 5.10 Å². The maximum Gasteiger partial charge on any atom is 0.271 e. The van der Waals surface area contributed by atoms with Gasteiger partial charge in [0.05, 0.1) is 11.2 Å². The second-order valence-electron chi connectivity index (χ2n) is 5.95. The van der Waals surface area contributed by atoms with E-state index >= 15 is 0 Å². The Hall–Kier alpha value is -3.55. The molecule has 0 radical (unpaired) electrons. The zero-order valence-electron chi connectivity index (χ0n) is 14.9. The van der Waals surface area contributed by atoms with Gasteiger partial charge in [0.15, 0.2) is 0 Å². The van der Waals surface area contributed by atoms with Crippen LogP contribution in [0.2, 0.25) is 5.02 Å². The Morgan fingerprint density at radius 2 is 1.89 bits per heavy atom. The summed E-state index contributed by atoms with van der Waals surface area (Å²) >= 11 is 5.80. The normalized spacial score (nSPS) is 10.3. The third kappa shape index (κ3) is 5.47. The highest BCUT2D eigenvalue weighted by molar-refractivity contribution is 6.32. The van der Waals surface area contributed by atoms with Crippen molar-refractivity contribution in [2.45, 2.75) is 6.42 Å². The van der Waals surface area contributed by atoms with Crippen molar-refractivity contribution in [3.05, 3.63) is 100 Å². The van der Waals surface area contributed by atoms with Gasteiger partial charge in [0, 0.05) is 17.5 Å². The van der Waals surface area contributed by atoms with Crippen LogP contribution in [0.3, 0.4) is 0 Å². The number of rotatable bonds is 4. The predicted molar refractivity (Wildman–Crippen MR) is 112 cm³/mol. The van der Waals surface area contributed by atoms with Crippen LogP contribution in [0.4, 0.5) is 0 Å². The quantitative estimate of drug-likeness (QED) is 0.395. The number of hydrogen-bond acceptors (Lipinski definition) is 3. The highest BCUT2D eigenvalue weighted by Crippen LogP contribution is 2.23. The standard InChI is InChI=1S/C23H17ClN2O2/c24-21-15-20(12-13-22(21)27)23(28)26-25-16-19-11-5-10-18(14-19)9-4-8-17-6-2-1-3-7-17/h1-3,5-7,10-16,27H,8H2,(H,26,28). The molecule has 0 aliphatic heterocycles. The fourth-order valence-electron chi connectivity index (χ4n) is 2.42. The first-order valence-electron chi connectivity index (χ1n) is 8.56. The minimum atomic E-state index is -0.419. The summed E-state index contributed by atoms with van der Waals surface area (Å²) in [6.45, 7) is 0. The smallest absolute Gasteiger partial charge is 0.271 e. The molecule has 4 nitrogen and oxygen atoms in total. The molecule has 0 atom stereocenters. The number of aromatic hydroxyl groups is 1. The van der Waals surface area contributed by atoms with E-state index in [1.807, 2.05) is 54.6 Å². The van der Waals surface area contributed by atoms with E-state index in [0.29, 0.717) is 12.0 Å². The first-order valence-corrected chi connectivity index (χ1v) is 8.94. The average Bonchev–Trinajstić information content (AvgIpc) is 2.71. The largest absolute Gasteiger partial charge is 0.506 e. The maximum atomic E-state index is 12.1. The van der Waals surface area contributed by atoms with E-state index in [0.717, 1.165) is 11.1 Å². The molecule has 138 valence electrons. The van der Waals surface area contributed by atoms with Crippen LogP contribution in [0.25, 0.3) is 0 Å². The van der Waals surface area contributed by atoms with E-state index in [1.54, 1.807) is 6.21 Å². The van der Waals surface area contributed by atoms with Crippen molar-refractivity contribution < 1.29 is 9.90 Å². The van der Waals surface area contributed by atoms with Gasteiger partial charge in [-0.2, -0.15) is 5.10 Å². The van der Waals surface area contributed by atoms with Gasteiger partial charge in [-0.05, 0) is 41.5 Å². The van der Waals surface area contributed by atoms with E-state index in [9.17, 15) is 9.90 Å². The number of halogens is 1. The van der Waals surface area contributed by atoms with Crippen LogP contribution in [0.15, 0.2) is 77.9 Å². The van der Waals surface area contributed by atoms with Crippen molar-refractivity contribution in [3.8, 4) is 17.6 Å². The maximum absolute atomic E-state index is 12.1. The van der Waals surface area contributed by atoms with E-state index in [4.69, 9.17) is 11.6 Å². The second-order valence-corrected chi connectivity index (χ2v) is 6.36. The highest BCUT2D eigenvalue weighted by atomic mass is 35.5. The van der Waals surface area contributed by atoms with Gasteiger partial charge in [-0.25, -0.2) is 5.43 Å². The molecule has 5 heteroatoms. The minimum Gasteiger partial charge on any atom is -0.506 e. The van der Waals surface area contributed by atoms with Gasteiger partial charge >= 0.3 is 0 Å². The van der Waals surface area contributed by atoms with E-state index < -0.39 is 5.91 Å². The van der Waals surface area contributed by atoms with Crippen LogP contribution in [0.1, 0.15) is 27.0 Å². The lowest BCUT2D eigenvalue weighted by molar-refractivity contribution is 0.0955. The van der Waals surface area contributed by atoms with E-state index in [-0.39, 0.29) is 10.8 Å². The number of nitrogens with one attached hydrogen (secondary N) is 1. The van der Waals surface area contributed by atoms with Crippen LogP contribution in [-0.4, -0.2) is 17.2 Å². The Balaban J connectivity index is 1.61. The topological polar surface area (TPSA) is 61.7 Å². The number of amides is 1. The first kappa shape index (κ1) is 19.2. The Labute approximate surface area is 168 Å². The molecule has 0 spiro atoms. The third-order valence-corrected chi connectivity index (χ3v) is 4.15. The molecule has 0 saturated carbocycles. The molecule has 1 amide bonds. The number of hydrogen-bond donors (Lipinski definition) is 2. The Morgan fingerprint density at radius 1 is 1.07 bits per heavy atom. The lowest BCUT2D eigenvalue weighted by atomic mass is 10.1. The average molecular weight is 389 g/mol. The number of carbonyl (C=O) groups excluding carboxylic acids is 1. The summed E-state index contributed by atoms with van der Waals surface area (Å²) in [5.41, 5.74) is 5.60. The Bertz CT molecular complexity index is 1070. The van der Waals surface area contributed by atoms with Crippen molar-refractivity contribution in [1.29, 1.82) is 0 Å². The van der Waals surface area contributed by atoms with Crippen LogP contribution >= 0.6 is 11.6 Å². The Morgan fingerprint density at radius 3 is 2.68 bits per heavy atom. The summed E-state index contributed by atoms with van der Waals surface area (Å²) < 4.78 is 0. The van der Waals surface area contributed by atoms with Gasteiger partial charge < -0.3 is 5.11 Å². The fraction of sp³-hybridized carbons (Fsp3) is 0.0435. The molecule has 0 aliphatic carbocycles. The number of benzene rings is 3. The first-order chi connectivity index (χ1) is 13.6. The van der Waals surface area contributed by atoms with E-state index in [2.05, 4.69) is 22.4 Å². The molecule has 0 aliphatic rings. The monoisotopic (exact) mass is 388 g/mol. The molecule has 0 fully saturated rings. The van der Waals surface area contributed by atoms with Crippen molar-refractivity contribution in [1.82, 2.24) is 5.43 Å². The third-order valence-electron chi connectivity index (χ3n) is 3.84. The lowest BCUT2D eigenvalue weighted by Crippen LogP contribution is -2.17.